The van der Waals surface area contributed by atoms with Gasteiger partial charge in [-0.05, 0) is 53.6 Å². The predicted molar refractivity (Wildman–Crippen MR) is 112 cm³/mol. The van der Waals surface area contributed by atoms with Crippen LogP contribution >= 0.6 is 11.6 Å². The summed E-state index contributed by atoms with van der Waals surface area (Å²) in [6.45, 7) is 0. The monoisotopic (exact) mass is 430 g/mol. The average Bonchev–Trinajstić information content (AvgIpc) is 3.19. The van der Waals surface area contributed by atoms with Crippen LogP contribution in [0.4, 0.5) is 18.9 Å². The van der Waals surface area contributed by atoms with Gasteiger partial charge in [-0.25, -0.2) is 0 Å². The number of nitrogens with zero attached hydrogens (tertiary/aromatic N) is 2. The van der Waals surface area contributed by atoms with E-state index in [1.165, 1.54) is 6.07 Å². The number of hydrogen-bond acceptors (Lipinski definition) is 3. The number of halogens is 4. The molecule has 0 bridgehead atoms. The van der Waals surface area contributed by atoms with Gasteiger partial charge in [-0.3, -0.25) is 5.01 Å². The molecule has 0 saturated carbocycles. The Kier molecular flexibility index (Phi) is 5.43. The molecule has 0 radical (unpaired) electrons. The molecule has 0 aromatic heterocycles. The first-order valence-electron chi connectivity index (χ1n) is 9.29. The van der Waals surface area contributed by atoms with E-state index < -0.39 is 11.7 Å². The molecule has 0 fully saturated rings. The minimum Gasteiger partial charge on any atom is -0.497 e. The topological polar surface area (TPSA) is 24.8 Å². The Bertz CT molecular complexity index is 1060. The van der Waals surface area contributed by atoms with Crippen LogP contribution < -0.4 is 9.75 Å². The van der Waals surface area contributed by atoms with Crippen molar-refractivity contribution in [3.8, 4) is 5.75 Å². The van der Waals surface area contributed by atoms with E-state index in [1.54, 1.807) is 30.3 Å². The summed E-state index contributed by atoms with van der Waals surface area (Å²) < 4.78 is 45.0. The van der Waals surface area contributed by atoms with Crippen LogP contribution in [0.2, 0.25) is 5.02 Å². The van der Waals surface area contributed by atoms with Crippen LogP contribution in [0, 0.1) is 0 Å². The molecule has 0 amide bonds. The van der Waals surface area contributed by atoms with Gasteiger partial charge in [0.1, 0.15) is 5.75 Å². The highest BCUT2D eigenvalue weighted by molar-refractivity contribution is 6.30. The second-order valence-corrected chi connectivity index (χ2v) is 7.38. The molecular formula is C23H18ClF3N2O. The molecule has 1 heterocycles. The van der Waals surface area contributed by atoms with Crippen LogP contribution in [-0.2, 0) is 6.18 Å². The molecule has 3 nitrogen and oxygen atoms in total. The Labute approximate surface area is 177 Å². The molecule has 1 aliphatic rings. The molecule has 1 aliphatic heterocycles. The number of hydrogen-bond donors (Lipinski definition) is 0. The fourth-order valence-electron chi connectivity index (χ4n) is 3.48. The second kappa shape index (κ2) is 8.03. The maximum atomic E-state index is 13.3. The SMILES string of the molecule is COc1ccc([C@@H]2CC(c3ccc(Cl)cc3)=NN2c2cccc(C(F)(F)F)c2)cc1. The normalized spacial score (nSPS) is 16.5. The molecular weight excluding hydrogens is 413 g/mol. The molecule has 0 N–H and O–H groups in total. The number of anilines is 1. The van der Waals surface area contributed by atoms with Crippen molar-refractivity contribution in [2.24, 2.45) is 5.10 Å². The van der Waals surface area contributed by atoms with E-state index >= 15 is 0 Å². The Morgan fingerprint density at radius 2 is 1.70 bits per heavy atom. The zero-order valence-corrected chi connectivity index (χ0v) is 16.8. The summed E-state index contributed by atoms with van der Waals surface area (Å²) in [5.41, 5.74) is 2.27. The van der Waals surface area contributed by atoms with Gasteiger partial charge in [-0.1, -0.05) is 41.9 Å². The first-order valence-corrected chi connectivity index (χ1v) is 9.67. The molecule has 154 valence electrons. The molecule has 3 aromatic carbocycles. The van der Waals surface area contributed by atoms with Gasteiger partial charge in [0.05, 0.1) is 30.1 Å². The molecule has 0 unspecified atom stereocenters. The zero-order valence-electron chi connectivity index (χ0n) is 16.0. The highest BCUT2D eigenvalue weighted by atomic mass is 35.5. The highest BCUT2D eigenvalue weighted by Gasteiger charge is 2.34. The van der Waals surface area contributed by atoms with Crippen molar-refractivity contribution >= 4 is 23.0 Å². The van der Waals surface area contributed by atoms with Gasteiger partial charge in [-0.15, -0.1) is 0 Å². The zero-order chi connectivity index (χ0) is 21.3. The van der Waals surface area contributed by atoms with Crippen LogP contribution in [0.15, 0.2) is 77.9 Å². The van der Waals surface area contributed by atoms with Gasteiger partial charge in [0.2, 0.25) is 0 Å². The minimum absolute atomic E-state index is 0.245. The van der Waals surface area contributed by atoms with Crippen molar-refractivity contribution in [1.82, 2.24) is 0 Å². The fraction of sp³-hybridized carbons (Fsp3) is 0.174. The molecule has 1 atom stereocenters. The lowest BCUT2D eigenvalue weighted by atomic mass is 9.98. The third kappa shape index (κ3) is 4.14. The lowest BCUT2D eigenvalue weighted by molar-refractivity contribution is -0.137. The summed E-state index contributed by atoms with van der Waals surface area (Å²) in [6.07, 6.45) is -3.88. The van der Waals surface area contributed by atoms with E-state index in [2.05, 4.69) is 0 Å². The minimum atomic E-state index is -4.42. The standard InChI is InChI=1S/C23H18ClF3N2O/c1-30-20-11-7-16(8-12-20)22-14-21(15-5-9-18(24)10-6-15)28-29(22)19-4-2-3-17(13-19)23(25,26)27/h2-13,22H,14H2,1H3/t22-/m0/s1. The molecule has 0 spiro atoms. The van der Waals surface area contributed by atoms with Crippen molar-refractivity contribution in [2.75, 3.05) is 12.1 Å². The van der Waals surface area contributed by atoms with Crippen LogP contribution in [0.25, 0.3) is 0 Å². The number of rotatable bonds is 4. The average molecular weight is 431 g/mol. The summed E-state index contributed by atoms with van der Waals surface area (Å²) in [5.74, 6) is 0.709. The summed E-state index contributed by atoms with van der Waals surface area (Å²) in [6, 6.07) is 19.7. The van der Waals surface area contributed by atoms with Gasteiger partial charge in [-0.2, -0.15) is 18.3 Å². The largest absolute Gasteiger partial charge is 0.497 e. The lowest BCUT2D eigenvalue weighted by Gasteiger charge is -2.25. The second-order valence-electron chi connectivity index (χ2n) is 6.94. The van der Waals surface area contributed by atoms with Gasteiger partial charge < -0.3 is 4.74 Å². The van der Waals surface area contributed by atoms with Crippen molar-refractivity contribution in [1.29, 1.82) is 0 Å². The first-order chi connectivity index (χ1) is 14.3. The highest BCUT2D eigenvalue weighted by Crippen LogP contribution is 2.39. The quantitative estimate of drug-likeness (QED) is 0.458. The van der Waals surface area contributed by atoms with E-state index in [0.29, 0.717) is 22.9 Å². The third-order valence-electron chi connectivity index (χ3n) is 5.03. The van der Waals surface area contributed by atoms with Crippen LogP contribution in [-0.4, -0.2) is 12.8 Å². The number of methoxy groups -OCH3 is 1. The van der Waals surface area contributed by atoms with E-state index in [1.807, 2.05) is 36.4 Å². The summed E-state index contributed by atoms with van der Waals surface area (Å²) in [5, 5.41) is 6.95. The Balaban J connectivity index is 1.76. The van der Waals surface area contributed by atoms with Gasteiger partial charge >= 0.3 is 6.18 Å². The lowest BCUT2D eigenvalue weighted by Crippen LogP contribution is -2.19. The van der Waals surface area contributed by atoms with Crippen molar-refractivity contribution in [3.63, 3.8) is 0 Å². The van der Waals surface area contributed by atoms with Crippen LogP contribution in [0.5, 0.6) is 5.75 Å². The van der Waals surface area contributed by atoms with Crippen molar-refractivity contribution in [2.45, 2.75) is 18.6 Å². The van der Waals surface area contributed by atoms with Crippen LogP contribution in [0.1, 0.15) is 29.2 Å². The molecule has 30 heavy (non-hydrogen) atoms. The van der Waals surface area contributed by atoms with Crippen LogP contribution in [0.3, 0.4) is 0 Å². The number of benzene rings is 3. The van der Waals surface area contributed by atoms with Gasteiger partial charge in [0.25, 0.3) is 0 Å². The molecule has 0 aliphatic carbocycles. The molecule has 0 saturated heterocycles. The first kappa shape index (κ1) is 20.3. The third-order valence-corrected chi connectivity index (χ3v) is 5.28. The van der Waals surface area contributed by atoms with Crippen molar-refractivity contribution in [3.05, 3.63) is 94.5 Å². The maximum absolute atomic E-state index is 13.3. The summed E-state index contributed by atoms with van der Waals surface area (Å²) in [4.78, 5) is 0. The molecule has 3 aromatic rings. The van der Waals surface area contributed by atoms with Crippen molar-refractivity contribution < 1.29 is 17.9 Å². The fourth-order valence-corrected chi connectivity index (χ4v) is 3.60. The maximum Gasteiger partial charge on any atom is 0.416 e. The number of alkyl halides is 3. The number of hydrazone groups is 1. The predicted octanol–water partition coefficient (Wildman–Crippen LogP) is 6.72. The summed E-state index contributed by atoms with van der Waals surface area (Å²) in [7, 11) is 1.58. The Hall–Kier alpha value is -2.99. The van der Waals surface area contributed by atoms with Gasteiger partial charge in [0.15, 0.2) is 0 Å². The Morgan fingerprint density at radius 1 is 1.00 bits per heavy atom. The number of ether oxygens (including phenoxy) is 1. The summed E-state index contributed by atoms with van der Waals surface area (Å²) >= 11 is 5.99. The smallest absolute Gasteiger partial charge is 0.416 e. The Morgan fingerprint density at radius 3 is 2.33 bits per heavy atom. The van der Waals surface area contributed by atoms with E-state index in [9.17, 15) is 13.2 Å². The molecule has 7 heteroatoms. The van der Waals surface area contributed by atoms with E-state index in [0.717, 1.165) is 29.0 Å². The molecule has 4 rings (SSSR count). The van der Waals surface area contributed by atoms with Gasteiger partial charge in [0, 0.05) is 11.4 Å². The van der Waals surface area contributed by atoms with E-state index in [4.69, 9.17) is 21.4 Å². The van der Waals surface area contributed by atoms with E-state index in [-0.39, 0.29) is 6.04 Å².